The number of quaternary nitrogens is 1. The Bertz CT molecular complexity index is 1010. The molecule has 0 saturated heterocycles. The number of nitrogens with zero attached hydrogens (tertiary/aromatic N) is 3. The molecule has 0 aromatic carbocycles. The highest BCUT2D eigenvalue weighted by Crippen LogP contribution is 2.31. The Balaban J connectivity index is 0.00000541. The molecule has 1 aromatic rings. The molecule has 0 amide bonds. The number of aliphatic hydroxyl groups excluding tert-OH is 1. The largest absolute Gasteiger partial charge is 0.475 e. The third-order valence-corrected chi connectivity index (χ3v) is 9.18. The van der Waals surface area contributed by atoms with E-state index in [0.29, 0.717) is 29.8 Å². The fourth-order valence-corrected chi connectivity index (χ4v) is 6.32. The molecule has 0 fully saturated rings. The van der Waals surface area contributed by atoms with Gasteiger partial charge in [-0.2, -0.15) is 4.37 Å². The summed E-state index contributed by atoms with van der Waals surface area (Å²) >= 11 is 1.20. The number of hydrogen-bond acceptors (Lipinski definition) is 9. The van der Waals surface area contributed by atoms with Crippen molar-refractivity contribution in [2.45, 2.75) is 168 Å². The molecule has 9 nitrogen and oxygen atoms in total. The van der Waals surface area contributed by atoms with Crippen LogP contribution in [0, 0.1) is 0 Å². The molecule has 0 radical (unpaired) electrons. The molecule has 1 aliphatic heterocycles. The van der Waals surface area contributed by atoms with Crippen LogP contribution in [-0.2, 0) is 19.1 Å². The molecular weight excluding hydrogens is 614 g/mol. The van der Waals surface area contributed by atoms with Gasteiger partial charge in [-0.15, -0.1) is 4.37 Å². The SMILES string of the molecule is CCCCCCOc1nsnc1C1=CCC[N+](C)(C(C)OC(=O)CCCCCCCCCCCCCCC(=O)OC(C)(C)C)C1.CO. The van der Waals surface area contributed by atoms with E-state index in [9.17, 15) is 9.59 Å². The Morgan fingerprint density at radius 3 is 1.94 bits per heavy atom. The monoisotopic (exact) mass is 682 g/mol. The number of ether oxygens (including phenoxy) is 3. The van der Waals surface area contributed by atoms with E-state index in [4.69, 9.17) is 19.3 Å². The van der Waals surface area contributed by atoms with Gasteiger partial charge in [0.25, 0.3) is 5.88 Å². The molecule has 2 rings (SSSR count). The number of likely N-dealkylation sites (N-methyl/N-ethyl adjacent to an activating group) is 1. The van der Waals surface area contributed by atoms with Crippen molar-refractivity contribution >= 4 is 29.2 Å². The third-order valence-electron chi connectivity index (χ3n) is 8.67. The fourth-order valence-electron chi connectivity index (χ4n) is 5.79. The molecule has 47 heavy (non-hydrogen) atoms. The second-order valence-electron chi connectivity index (χ2n) is 14.1. The first kappa shape index (κ1) is 43.0. The van der Waals surface area contributed by atoms with E-state index >= 15 is 0 Å². The highest BCUT2D eigenvalue weighted by atomic mass is 32.1. The number of rotatable bonds is 24. The van der Waals surface area contributed by atoms with E-state index in [1.807, 2.05) is 27.7 Å². The van der Waals surface area contributed by atoms with Crippen LogP contribution < -0.4 is 4.74 Å². The highest BCUT2D eigenvalue weighted by molar-refractivity contribution is 6.99. The summed E-state index contributed by atoms with van der Waals surface area (Å²) < 4.78 is 26.9. The van der Waals surface area contributed by atoms with Crippen LogP contribution in [0.2, 0.25) is 0 Å². The molecule has 272 valence electrons. The van der Waals surface area contributed by atoms with Crippen molar-refractivity contribution in [3.05, 3.63) is 11.8 Å². The predicted molar refractivity (Wildman–Crippen MR) is 192 cm³/mol. The van der Waals surface area contributed by atoms with E-state index in [1.165, 1.54) is 82.4 Å². The van der Waals surface area contributed by atoms with Crippen molar-refractivity contribution < 1.29 is 33.4 Å². The maximum absolute atomic E-state index is 12.7. The van der Waals surface area contributed by atoms with Crippen LogP contribution in [0.4, 0.5) is 0 Å². The summed E-state index contributed by atoms with van der Waals surface area (Å²) in [4.78, 5) is 24.4. The van der Waals surface area contributed by atoms with Gasteiger partial charge in [-0.1, -0.05) is 96.5 Å². The van der Waals surface area contributed by atoms with Gasteiger partial charge in [-0.05, 0) is 40.0 Å². The Morgan fingerprint density at radius 1 is 0.851 bits per heavy atom. The molecule has 0 spiro atoms. The van der Waals surface area contributed by atoms with Crippen LogP contribution in [0.15, 0.2) is 6.08 Å². The molecule has 10 heteroatoms. The van der Waals surface area contributed by atoms with Crippen LogP contribution >= 0.6 is 11.7 Å². The zero-order valence-corrected chi connectivity index (χ0v) is 31.8. The topological polar surface area (TPSA) is 108 Å². The van der Waals surface area contributed by atoms with E-state index in [2.05, 4.69) is 28.8 Å². The van der Waals surface area contributed by atoms with Crippen molar-refractivity contribution in [3.63, 3.8) is 0 Å². The Hall–Kier alpha value is -2.04. The van der Waals surface area contributed by atoms with Crippen molar-refractivity contribution in [3.8, 4) is 5.88 Å². The first-order valence-electron chi connectivity index (χ1n) is 18.4. The standard InChI is InChI=1S/C36H64N3O5S.CH4O/c1-7-8-9-22-28-42-35-34(37-45-38-35)31-24-23-27-39(6,29-31)30(2)43-32(40)25-20-18-16-14-12-10-11-13-15-17-19-21-26-33(41)44-36(3,4)5;1-2/h24,30H,7-23,25-29H2,1-6H3;2H,1H3/q+1;. The molecule has 0 saturated carbocycles. The lowest BCUT2D eigenvalue weighted by Crippen LogP contribution is -2.55. The Labute approximate surface area is 290 Å². The fraction of sp³-hybridized carbons (Fsp3) is 0.838. The van der Waals surface area contributed by atoms with Gasteiger partial charge >= 0.3 is 11.9 Å². The molecule has 1 aromatic heterocycles. The molecular formula is C37H68N3O6S+. The van der Waals surface area contributed by atoms with Crippen LogP contribution in [0.5, 0.6) is 5.88 Å². The van der Waals surface area contributed by atoms with E-state index < -0.39 is 0 Å². The smallest absolute Gasteiger partial charge is 0.310 e. The number of carbonyl (C=O) groups excluding carboxylic acids is 2. The number of aliphatic hydroxyl groups is 1. The number of carbonyl (C=O) groups is 2. The maximum Gasteiger partial charge on any atom is 0.310 e. The predicted octanol–water partition coefficient (Wildman–Crippen LogP) is 9.03. The van der Waals surface area contributed by atoms with Gasteiger partial charge in [0.1, 0.15) is 17.8 Å². The van der Waals surface area contributed by atoms with E-state index in [0.717, 1.165) is 70.0 Å². The minimum atomic E-state index is -0.382. The summed E-state index contributed by atoms with van der Waals surface area (Å²) in [5.41, 5.74) is 1.61. The average Bonchev–Trinajstić information content (AvgIpc) is 3.50. The van der Waals surface area contributed by atoms with Gasteiger partial charge in [0, 0.05) is 38.9 Å². The summed E-state index contributed by atoms with van der Waals surface area (Å²) in [6.07, 6.45) is 22.6. The molecule has 0 aliphatic carbocycles. The number of unbranched alkanes of at least 4 members (excludes halogenated alkanes) is 14. The highest BCUT2D eigenvalue weighted by Gasteiger charge is 2.36. The van der Waals surface area contributed by atoms with Crippen LogP contribution in [-0.4, -0.2) is 76.0 Å². The number of hydrogen-bond donors (Lipinski definition) is 1. The normalized spacial score (nSPS) is 16.9. The number of aromatic nitrogens is 2. The Kier molecular flexibility index (Phi) is 22.9. The van der Waals surface area contributed by atoms with Crippen LogP contribution in [0.1, 0.15) is 162 Å². The van der Waals surface area contributed by atoms with Crippen molar-refractivity contribution in [2.24, 2.45) is 0 Å². The minimum Gasteiger partial charge on any atom is -0.475 e. The van der Waals surface area contributed by atoms with Gasteiger partial charge in [-0.25, -0.2) is 0 Å². The number of esters is 2. The average molecular weight is 683 g/mol. The minimum absolute atomic E-state index is 0.0765. The van der Waals surface area contributed by atoms with Crippen molar-refractivity contribution in [2.75, 3.05) is 33.9 Å². The summed E-state index contributed by atoms with van der Waals surface area (Å²) in [5, 5.41) is 7.00. The van der Waals surface area contributed by atoms with Gasteiger partial charge < -0.3 is 19.3 Å². The van der Waals surface area contributed by atoms with Crippen molar-refractivity contribution in [1.29, 1.82) is 0 Å². The zero-order chi connectivity index (χ0) is 35.0. The Morgan fingerprint density at radius 2 is 1.38 bits per heavy atom. The second kappa shape index (κ2) is 25.0. The molecule has 0 bridgehead atoms. The van der Waals surface area contributed by atoms with Gasteiger partial charge in [0.2, 0.25) is 6.23 Å². The lowest BCUT2D eigenvalue weighted by molar-refractivity contribution is -0.944. The quantitative estimate of drug-likeness (QED) is 0.0654. The van der Waals surface area contributed by atoms with Crippen LogP contribution in [0.3, 0.4) is 0 Å². The zero-order valence-electron chi connectivity index (χ0n) is 30.9. The van der Waals surface area contributed by atoms with Crippen LogP contribution in [0.25, 0.3) is 5.57 Å². The second-order valence-corrected chi connectivity index (χ2v) is 14.7. The third kappa shape index (κ3) is 19.5. The van der Waals surface area contributed by atoms with Gasteiger partial charge in [-0.3, -0.25) is 14.1 Å². The summed E-state index contributed by atoms with van der Waals surface area (Å²) in [6.45, 7) is 12.3. The molecule has 1 N–H and O–H groups in total. The summed E-state index contributed by atoms with van der Waals surface area (Å²) in [7, 11) is 3.17. The lowest BCUT2D eigenvalue weighted by atomic mass is 10.0. The summed E-state index contributed by atoms with van der Waals surface area (Å²) in [5.74, 6) is 0.479. The maximum atomic E-state index is 12.7. The molecule has 2 unspecified atom stereocenters. The van der Waals surface area contributed by atoms with Crippen molar-refractivity contribution in [1.82, 2.24) is 8.75 Å². The molecule has 2 atom stereocenters. The first-order chi connectivity index (χ1) is 22.5. The first-order valence-corrected chi connectivity index (χ1v) is 19.1. The van der Waals surface area contributed by atoms with E-state index in [-0.39, 0.29) is 23.8 Å². The van der Waals surface area contributed by atoms with Gasteiger partial charge in [0.15, 0.2) is 0 Å². The molecule has 1 aliphatic rings. The van der Waals surface area contributed by atoms with E-state index in [1.54, 1.807) is 0 Å². The molecule has 2 heterocycles. The lowest BCUT2D eigenvalue weighted by Gasteiger charge is -2.41. The van der Waals surface area contributed by atoms with Gasteiger partial charge in [0.05, 0.1) is 31.9 Å². The summed E-state index contributed by atoms with van der Waals surface area (Å²) in [6, 6.07) is 0.